The van der Waals surface area contributed by atoms with Gasteiger partial charge in [0, 0.05) is 46.0 Å². The van der Waals surface area contributed by atoms with Crippen molar-refractivity contribution in [2.24, 2.45) is 5.41 Å². The smallest absolute Gasteiger partial charge is 0.0589 e. The molecule has 0 aromatic heterocycles. The Morgan fingerprint density at radius 1 is 1.15 bits per heavy atom. The first kappa shape index (κ1) is 14.8. The van der Waals surface area contributed by atoms with Gasteiger partial charge in [-0.25, -0.2) is 0 Å². The molecule has 3 aliphatic rings. The van der Waals surface area contributed by atoms with Crippen molar-refractivity contribution in [1.29, 1.82) is 0 Å². The van der Waals surface area contributed by atoms with Crippen molar-refractivity contribution in [3.63, 3.8) is 0 Å². The minimum Gasteiger partial charge on any atom is -0.383 e. The summed E-state index contributed by atoms with van der Waals surface area (Å²) in [6.07, 6.45) is 6.67. The number of ether oxygens (including phenoxy) is 2. The summed E-state index contributed by atoms with van der Waals surface area (Å²) in [7, 11) is 1.81. The zero-order valence-electron chi connectivity index (χ0n) is 13.0. The number of hydrogen-bond acceptors (Lipinski definition) is 4. The lowest BCUT2D eigenvalue weighted by molar-refractivity contribution is 0.0283. The second-order valence-electron chi connectivity index (χ2n) is 6.94. The fourth-order valence-electron chi connectivity index (χ4n) is 4.39. The number of piperidine rings is 1. The quantitative estimate of drug-likeness (QED) is 0.782. The molecular weight excluding hydrogens is 252 g/mol. The van der Waals surface area contributed by atoms with Gasteiger partial charge in [-0.15, -0.1) is 0 Å². The van der Waals surface area contributed by atoms with Gasteiger partial charge in [0.15, 0.2) is 0 Å². The highest BCUT2D eigenvalue weighted by molar-refractivity contribution is 4.96. The van der Waals surface area contributed by atoms with E-state index < -0.39 is 0 Å². The van der Waals surface area contributed by atoms with E-state index in [0.29, 0.717) is 5.41 Å². The lowest BCUT2D eigenvalue weighted by Crippen LogP contribution is -2.47. The molecule has 1 spiro atoms. The molecule has 0 saturated carbocycles. The molecule has 4 nitrogen and oxygen atoms in total. The van der Waals surface area contributed by atoms with Crippen molar-refractivity contribution < 1.29 is 9.47 Å². The van der Waals surface area contributed by atoms with E-state index in [1.165, 1.54) is 58.3 Å². The van der Waals surface area contributed by atoms with Crippen molar-refractivity contribution >= 4 is 0 Å². The van der Waals surface area contributed by atoms with Gasteiger partial charge in [-0.2, -0.15) is 0 Å². The van der Waals surface area contributed by atoms with Crippen LogP contribution in [0.25, 0.3) is 0 Å². The van der Waals surface area contributed by atoms with Gasteiger partial charge >= 0.3 is 0 Å². The Labute approximate surface area is 123 Å². The van der Waals surface area contributed by atoms with Crippen LogP contribution >= 0.6 is 0 Å². The first-order chi connectivity index (χ1) is 9.81. The molecule has 3 rings (SSSR count). The molecular formula is C16H30N2O2. The SMILES string of the molecule is COCCN1CCCC2(CCN(C3CCOCC3)C2)C1. The highest BCUT2D eigenvalue weighted by Gasteiger charge is 2.42. The molecule has 3 saturated heterocycles. The van der Waals surface area contributed by atoms with Gasteiger partial charge in [0.25, 0.3) is 0 Å². The maximum Gasteiger partial charge on any atom is 0.0589 e. The monoisotopic (exact) mass is 282 g/mol. The van der Waals surface area contributed by atoms with Crippen LogP contribution in [-0.2, 0) is 9.47 Å². The van der Waals surface area contributed by atoms with E-state index in [0.717, 1.165) is 32.4 Å². The van der Waals surface area contributed by atoms with Crippen LogP contribution in [0, 0.1) is 5.41 Å². The molecule has 3 heterocycles. The van der Waals surface area contributed by atoms with Crippen molar-refractivity contribution in [2.45, 2.75) is 38.1 Å². The maximum atomic E-state index is 5.51. The van der Waals surface area contributed by atoms with Crippen molar-refractivity contribution in [3.05, 3.63) is 0 Å². The van der Waals surface area contributed by atoms with Crippen LogP contribution in [0.15, 0.2) is 0 Å². The number of methoxy groups -OCH3 is 1. The van der Waals surface area contributed by atoms with E-state index in [1.54, 1.807) is 0 Å². The minimum absolute atomic E-state index is 0.574. The standard InChI is InChI=1S/C16H30N2O2/c1-19-12-9-17-7-2-5-16(13-17)6-8-18(14-16)15-3-10-20-11-4-15/h15H,2-14H2,1H3. The Bertz CT molecular complexity index is 307. The van der Waals surface area contributed by atoms with Crippen molar-refractivity contribution in [1.82, 2.24) is 9.80 Å². The normalized spacial score (nSPS) is 34.0. The Kier molecular flexibility index (Phi) is 4.97. The molecule has 0 aromatic rings. The summed E-state index contributed by atoms with van der Waals surface area (Å²) in [5.41, 5.74) is 0.574. The average molecular weight is 282 g/mol. The summed E-state index contributed by atoms with van der Waals surface area (Å²) < 4.78 is 10.8. The molecule has 116 valence electrons. The summed E-state index contributed by atoms with van der Waals surface area (Å²) >= 11 is 0. The highest BCUT2D eigenvalue weighted by Crippen LogP contribution is 2.40. The molecule has 1 atom stereocenters. The van der Waals surface area contributed by atoms with Gasteiger partial charge < -0.3 is 14.4 Å². The Morgan fingerprint density at radius 3 is 2.80 bits per heavy atom. The zero-order valence-corrected chi connectivity index (χ0v) is 13.0. The van der Waals surface area contributed by atoms with Gasteiger partial charge in [-0.3, -0.25) is 4.90 Å². The predicted octanol–water partition coefficient (Wildman–Crippen LogP) is 1.60. The van der Waals surface area contributed by atoms with Crippen LogP contribution in [0.1, 0.15) is 32.1 Å². The molecule has 0 N–H and O–H groups in total. The Balaban J connectivity index is 1.54. The van der Waals surface area contributed by atoms with Crippen LogP contribution in [0.3, 0.4) is 0 Å². The lowest BCUT2D eigenvalue weighted by atomic mass is 9.79. The lowest BCUT2D eigenvalue weighted by Gasteiger charge is -2.41. The molecule has 3 fully saturated rings. The largest absolute Gasteiger partial charge is 0.383 e. The first-order valence-corrected chi connectivity index (χ1v) is 8.34. The molecule has 20 heavy (non-hydrogen) atoms. The predicted molar refractivity (Wildman–Crippen MR) is 80.0 cm³/mol. The number of rotatable bonds is 4. The Hall–Kier alpha value is -0.160. The van der Waals surface area contributed by atoms with Gasteiger partial charge in [0.05, 0.1) is 6.61 Å². The van der Waals surface area contributed by atoms with Crippen molar-refractivity contribution in [3.8, 4) is 0 Å². The molecule has 0 radical (unpaired) electrons. The van der Waals surface area contributed by atoms with Gasteiger partial charge in [-0.1, -0.05) is 0 Å². The number of likely N-dealkylation sites (tertiary alicyclic amines) is 2. The Morgan fingerprint density at radius 2 is 2.00 bits per heavy atom. The summed E-state index contributed by atoms with van der Waals surface area (Å²) in [5, 5.41) is 0. The maximum absolute atomic E-state index is 5.51. The molecule has 0 aromatic carbocycles. The fourth-order valence-corrected chi connectivity index (χ4v) is 4.39. The fraction of sp³-hybridized carbons (Fsp3) is 1.00. The van der Waals surface area contributed by atoms with Crippen molar-refractivity contribution in [2.75, 3.05) is 59.7 Å². The van der Waals surface area contributed by atoms with Crippen LogP contribution in [0.4, 0.5) is 0 Å². The van der Waals surface area contributed by atoms with E-state index in [1.807, 2.05) is 7.11 Å². The summed E-state index contributed by atoms with van der Waals surface area (Å²) in [4.78, 5) is 5.39. The number of nitrogens with zero attached hydrogens (tertiary/aromatic N) is 2. The van der Waals surface area contributed by atoms with Crippen LogP contribution in [0.2, 0.25) is 0 Å². The zero-order chi connectivity index (χ0) is 13.8. The third-order valence-electron chi connectivity index (χ3n) is 5.53. The first-order valence-electron chi connectivity index (χ1n) is 8.34. The van der Waals surface area contributed by atoms with Gasteiger partial charge in [-0.05, 0) is 50.6 Å². The third-order valence-corrected chi connectivity index (χ3v) is 5.53. The average Bonchev–Trinajstić information content (AvgIpc) is 2.90. The minimum atomic E-state index is 0.574. The third kappa shape index (κ3) is 3.35. The van der Waals surface area contributed by atoms with E-state index in [2.05, 4.69) is 9.80 Å². The molecule has 3 aliphatic heterocycles. The molecule has 1 unspecified atom stereocenters. The van der Waals surface area contributed by atoms with Crippen LogP contribution in [0.5, 0.6) is 0 Å². The summed E-state index contributed by atoms with van der Waals surface area (Å²) in [5.74, 6) is 0. The second-order valence-corrected chi connectivity index (χ2v) is 6.94. The van der Waals surface area contributed by atoms with E-state index >= 15 is 0 Å². The topological polar surface area (TPSA) is 24.9 Å². The van der Waals surface area contributed by atoms with E-state index in [9.17, 15) is 0 Å². The molecule has 0 bridgehead atoms. The summed E-state index contributed by atoms with van der Waals surface area (Å²) in [6.45, 7) is 9.10. The van der Waals surface area contributed by atoms with Crippen LogP contribution in [-0.4, -0.2) is 75.5 Å². The van der Waals surface area contributed by atoms with Gasteiger partial charge in [0.1, 0.15) is 0 Å². The second kappa shape index (κ2) is 6.73. The number of hydrogen-bond donors (Lipinski definition) is 0. The molecule has 0 amide bonds. The molecule has 4 heteroatoms. The van der Waals surface area contributed by atoms with E-state index in [-0.39, 0.29) is 0 Å². The van der Waals surface area contributed by atoms with Crippen LogP contribution < -0.4 is 0 Å². The highest BCUT2D eigenvalue weighted by atomic mass is 16.5. The molecule has 0 aliphatic carbocycles. The van der Waals surface area contributed by atoms with E-state index in [4.69, 9.17) is 9.47 Å². The summed E-state index contributed by atoms with van der Waals surface area (Å²) in [6, 6.07) is 0.789. The van der Waals surface area contributed by atoms with Gasteiger partial charge in [0.2, 0.25) is 0 Å².